The summed E-state index contributed by atoms with van der Waals surface area (Å²) < 4.78 is 27.1. The van der Waals surface area contributed by atoms with E-state index >= 15 is 0 Å². The summed E-state index contributed by atoms with van der Waals surface area (Å²) in [5.74, 6) is -0.0479. The van der Waals surface area contributed by atoms with E-state index in [-0.39, 0.29) is 5.75 Å². The van der Waals surface area contributed by atoms with Crippen molar-refractivity contribution in [2.75, 3.05) is 44.2 Å². The van der Waals surface area contributed by atoms with Crippen molar-refractivity contribution < 1.29 is 13.9 Å². The van der Waals surface area contributed by atoms with Gasteiger partial charge in [-0.05, 0) is 19.9 Å². The number of aromatic hydroxyl groups is 1. The Labute approximate surface area is 130 Å². The van der Waals surface area contributed by atoms with Crippen molar-refractivity contribution in [3.8, 4) is 5.75 Å². The number of nitrogens with one attached hydrogen (secondary N) is 1. The number of phenolic OH excluding ortho intramolecular Hbond substituents is 1. The second-order valence-electron chi connectivity index (χ2n) is 5.48. The standard InChI is InChI=1S/C16H25F2N3O/c1-3-20(4-2)12-5-6-13(14(22)11-12)15(16(17)18)21-9-7-19-8-10-21/h5-6,11,15-16,19,22H,3-4,7-10H2,1-2H3/t15-/m0/s1. The van der Waals surface area contributed by atoms with Crippen LogP contribution in [0.5, 0.6) is 5.75 Å². The lowest BCUT2D eigenvalue weighted by molar-refractivity contribution is 0.0170. The molecule has 2 N–H and O–H groups in total. The number of nitrogens with zero attached hydrogens (tertiary/aromatic N) is 2. The molecule has 124 valence electrons. The zero-order valence-corrected chi connectivity index (χ0v) is 13.2. The smallest absolute Gasteiger partial charge is 0.258 e. The van der Waals surface area contributed by atoms with Crippen LogP contribution in [0.2, 0.25) is 0 Å². The number of rotatable bonds is 6. The van der Waals surface area contributed by atoms with Gasteiger partial charge in [-0.15, -0.1) is 0 Å². The molecule has 22 heavy (non-hydrogen) atoms. The molecule has 1 aromatic carbocycles. The van der Waals surface area contributed by atoms with Crippen LogP contribution in [-0.2, 0) is 0 Å². The molecule has 1 aromatic rings. The third-order valence-corrected chi connectivity index (χ3v) is 4.24. The molecule has 2 rings (SSSR count). The number of benzene rings is 1. The van der Waals surface area contributed by atoms with Gasteiger partial charge in [-0.2, -0.15) is 0 Å². The molecule has 0 aromatic heterocycles. The van der Waals surface area contributed by atoms with Crippen molar-refractivity contribution in [1.82, 2.24) is 10.2 Å². The fourth-order valence-electron chi connectivity index (χ4n) is 3.02. The number of hydrogen-bond donors (Lipinski definition) is 2. The van der Waals surface area contributed by atoms with Crippen LogP contribution in [0, 0.1) is 0 Å². The van der Waals surface area contributed by atoms with Crippen LogP contribution in [0.4, 0.5) is 14.5 Å². The molecule has 0 unspecified atom stereocenters. The van der Waals surface area contributed by atoms with Gasteiger partial charge in [0.25, 0.3) is 6.43 Å². The van der Waals surface area contributed by atoms with Crippen LogP contribution in [0.1, 0.15) is 25.5 Å². The molecule has 0 spiro atoms. The van der Waals surface area contributed by atoms with Crippen LogP contribution < -0.4 is 10.2 Å². The average Bonchev–Trinajstić information content (AvgIpc) is 2.51. The van der Waals surface area contributed by atoms with Crippen LogP contribution in [0.25, 0.3) is 0 Å². The first-order valence-electron chi connectivity index (χ1n) is 7.89. The first-order valence-corrected chi connectivity index (χ1v) is 7.89. The van der Waals surface area contributed by atoms with Gasteiger partial charge in [0.2, 0.25) is 0 Å². The molecule has 1 atom stereocenters. The zero-order chi connectivity index (χ0) is 16.1. The highest BCUT2D eigenvalue weighted by Gasteiger charge is 2.32. The van der Waals surface area contributed by atoms with Gasteiger partial charge >= 0.3 is 0 Å². The van der Waals surface area contributed by atoms with E-state index in [1.165, 1.54) is 0 Å². The van der Waals surface area contributed by atoms with Crippen LogP contribution in [-0.4, -0.2) is 55.7 Å². The van der Waals surface area contributed by atoms with Crippen molar-refractivity contribution in [2.45, 2.75) is 26.3 Å². The molecule has 0 aliphatic carbocycles. The van der Waals surface area contributed by atoms with E-state index in [1.807, 2.05) is 19.9 Å². The van der Waals surface area contributed by atoms with Crippen LogP contribution in [0.15, 0.2) is 18.2 Å². The van der Waals surface area contributed by atoms with Gasteiger partial charge in [-0.1, -0.05) is 6.07 Å². The summed E-state index contributed by atoms with van der Waals surface area (Å²) >= 11 is 0. The lowest BCUT2D eigenvalue weighted by Crippen LogP contribution is -2.46. The Hall–Kier alpha value is -1.40. The van der Waals surface area contributed by atoms with E-state index in [9.17, 15) is 13.9 Å². The summed E-state index contributed by atoms with van der Waals surface area (Å²) in [7, 11) is 0. The molecule has 0 amide bonds. The summed E-state index contributed by atoms with van der Waals surface area (Å²) in [4.78, 5) is 3.82. The monoisotopic (exact) mass is 313 g/mol. The molecule has 4 nitrogen and oxygen atoms in total. The van der Waals surface area contributed by atoms with E-state index in [1.54, 1.807) is 17.0 Å². The number of hydrogen-bond acceptors (Lipinski definition) is 4. The van der Waals surface area contributed by atoms with Crippen molar-refractivity contribution in [2.24, 2.45) is 0 Å². The molecule has 1 fully saturated rings. The minimum atomic E-state index is -2.52. The highest BCUT2D eigenvalue weighted by atomic mass is 19.3. The fraction of sp³-hybridized carbons (Fsp3) is 0.625. The van der Waals surface area contributed by atoms with Gasteiger partial charge in [-0.25, -0.2) is 8.78 Å². The Morgan fingerprint density at radius 3 is 2.36 bits per heavy atom. The van der Waals surface area contributed by atoms with Crippen molar-refractivity contribution >= 4 is 5.69 Å². The third kappa shape index (κ3) is 3.67. The topological polar surface area (TPSA) is 38.7 Å². The fourth-order valence-corrected chi connectivity index (χ4v) is 3.02. The lowest BCUT2D eigenvalue weighted by atomic mass is 10.0. The minimum Gasteiger partial charge on any atom is -0.508 e. The Morgan fingerprint density at radius 1 is 1.23 bits per heavy atom. The minimum absolute atomic E-state index is 0.0479. The van der Waals surface area contributed by atoms with Crippen molar-refractivity contribution in [1.29, 1.82) is 0 Å². The summed E-state index contributed by atoms with van der Waals surface area (Å²) in [6, 6.07) is 4.01. The number of halogens is 2. The van der Waals surface area contributed by atoms with Gasteiger partial charge in [0, 0.05) is 56.6 Å². The number of piperazine rings is 1. The van der Waals surface area contributed by atoms with E-state index in [2.05, 4.69) is 10.2 Å². The third-order valence-electron chi connectivity index (χ3n) is 4.24. The molecular formula is C16H25F2N3O. The number of alkyl halides is 2. The van der Waals surface area contributed by atoms with E-state index in [0.29, 0.717) is 31.7 Å². The van der Waals surface area contributed by atoms with Gasteiger partial charge in [-0.3, -0.25) is 4.90 Å². The molecule has 1 heterocycles. The maximum absolute atomic E-state index is 13.6. The molecule has 6 heteroatoms. The first-order chi connectivity index (χ1) is 10.6. The van der Waals surface area contributed by atoms with E-state index < -0.39 is 12.5 Å². The average molecular weight is 313 g/mol. The predicted octanol–water partition coefficient (Wildman–Crippen LogP) is 2.45. The molecule has 0 radical (unpaired) electrons. The number of anilines is 1. The SMILES string of the molecule is CCN(CC)c1ccc([C@@H](C(F)F)N2CCNCC2)c(O)c1. The normalized spacial score (nSPS) is 17.7. The summed E-state index contributed by atoms with van der Waals surface area (Å²) in [5, 5.41) is 13.4. The van der Waals surface area contributed by atoms with Crippen molar-refractivity contribution in [3.05, 3.63) is 23.8 Å². The number of phenols is 1. The molecule has 0 saturated carbocycles. The predicted molar refractivity (Wildman–Crippen MR) is 84.9 cm³/mol. The van der Waals surface area contributed by atoms with E-state index in [0.717, 1.165) is 18.8 Å². The second kappa shape index (κ2) is 7.74. The van der Waals surface area contributed by atoms with Crippen LogP contribution >= 0.6 is 0 Å². The van der Waals surface area contributed by atoms with Gasteiger partial charge in [0.1, 0.15) is 5.75 Å². The zero-order valence-electron chi connectivity index (χ0n) is 13.2. The Morgan fingerprint density at radius 2 is 1.86 bits per heavy atom. The van der Waals surface area contributed by atoms with Crippen LogP contribution in [0.3, 0.4) is 0 Å². The van der Waals surface area contributed by atoms with Gasteiger partial charge in [0.15, 0.2) is 0 Å². The van der Waals surface area contributed by atoms with Crippen molar-refractivity contribution in [3.63, 3.8) is 0 Å². The summed E-state index contributed by atoms with van der Waals surface area (Å²) in [6.45, 7) is 8.19. The Balaban J connectivity index is 2.28. The molecular weight excluding hydrogens is 288 g/mol. The maximum atomic E-state index is 13.6. The first kappa shape index (κ1) is 17.0. The molecule has 1 saturated heterocycles. The van der Waals surface area contributed by atoms with Gasteiger partial charge in [0.05, 0.1) is 6.04 Å². The summed E-state index contributed by atoms with van der Waals surface area (Å²) in [5.41, 5.74) is 1.17. The molecule has 1 aliphatic rings. The quantitative estimate of drug-likeness (QED) is 0.846. The largest absolute Gasteiger partial charge is 0.508 e. The highest BCUT2D eigenvalue weighted by molar-refractivity contribution is 5.54. The molecule has 0 bridgehead atoms. The highest BCUT2D eigenvalue weighted by Crippen LogP contribution is 2.35. The molecule has 1 aliphatic heterocycles. The van der Waals surface area contributed by atoms with Gasteiger partial charge < -0.3 is 15.3 Å². The Kier molecular flexibility index (Phi) is 5.97. The van der Waals surface area contributed by atoms with E-state index in [4.69, 9.17) is 0 Å². The Bertz CT molecular complexity index is 474. The summed E-state index contributed by atoms with van der Waals surface area (Å²) in [6.07, 6.45) is -2.52. The second-order valence-corrected chi connectivity index (χ2v) is 5.48. The lowest BCUT2D eigenvalue weighted by Gasteiger charge is -2.35. The maximum Gasteiger partial charge on any atom is 0.258 e.